The second kappa shape index (κ2) is 8.53. The Morgan fingerprint density at radius 1 is 1.20 bits per heavy atom. The minimum atomic E-state index is -1.08. The molecule has 0 fully saturated rings. The van der Waals surface area contributed by atoms with E-state index in [2.05, 4.69) is 0 Å². The monoisotopic (exact) mass is 363 g/mol. The van der Waals surface area contributed by atoms with Crippen LogP contribution in [-0.2, 0) is 11.3 Å². The van der Waals surface area contributed by atoms with Crippen molar-refractivity contribution in [3.8, 4) is 11.5 Å². The average Bonchev–Trinajstić information content (AvgIpc) is 2.98. The highest BCUT2D eigenvalue weighted by atomic mass is 32.1. The van der Waals surface area contributed by atoms with Crippen molar-refractivity contribution >= 4 is 23.2 Å². The van der Waals surface area contributed by atoms with E-state index in [0.717, 1.165) is 10.4 Å². The molecule has 0 saturated carbocycles. The number of thiophene rings is 1. The molecule has 0 unspecified atom stereocenters. The molecular formula is C18H21NO5S. The highest BCUT2D eigenvalue weighted by Crippen LogP contribution is 2.29. The number of amides is 1. The fraction of sp³-hybridized carbons (Fsp3) is 0.333. The molecule has 1 N–H and O–H groups in total. The Kier molecular flexibility index (Phi) is 6.41. The lowest BCUT2D eigenvalue weighted by Gasteiger charge is -2.18. The third-order valence-electron chi connectivity index (χ3n) is 3.54. The van der Waals surface area contributed by atoms with Crippen molar-refractivity contribution in [2.75, 3.05) is 20.3 Å². The summed E-state index contributed by atoms with van der Waals surface area (Å²) in [6.07, 6.45) is 0. The Bertz CT molecular complexity index is 756. The van der Waals surface area contributed by atoms with Gasteiger partial charge in [0.05, 0.1) is 13.2 Å². The number of rotatable bonds is 8. The van der Waals surface area contributed by atoms with Gasteiger partial charge in [-0.25, -0.2) is 4.79 Å². The molecule has 1 amide bonds. The summed E-state index contributed by atoms with van der Waals surface area (Å²) >= 11 is 1.62. The van der Waals surface area contributed by atoms with Crippen molar-refractivity contribution in [1.82, 2.24) is 4.90 Å². The first kappa shape index (κ1) is 18.8. The predicted octanol–water partition coefficient (Wildman–Crippen LogP) is 3.19. The number of benzene rings is 1. The molecule has 1 heterocycles. The van der Waals surface area contributed by atoms with Crippen LogP contribution in [0.1, 0.15) is 27.7 Å². The number of aryl methyl sites for hydroxylation is 1. The molecule has 0 radical (unpaired) electrons. The number of carboxylic acid groups (broad SMARTS) is 1. The first-order valence-electron chi connectivity index (χ1n) is 7.82. The smallest absolute Gasteiger partial charge is 0.341 e. The number of nitrogens with zero attached hydrogens (tertiary/aromatic N) is 1. The number of hydrogen-bond acceptors (Lipinski definition) is 5. The Hall–Kier alpha value is -2.54. The minimum absolute atomic E-state index is 0.140. The Morgan fingerprint density at radius 3 is 2.56 bits per heavy atom. The lowest BCUT2D eigenvalue weighted by atomic mass is 10.1. The van der Waals surface area contributed by atoms with Gasteiger partial charge in [-0.15, -0.1) is 11.3 Å². The second-order valence-corrected chi connectivity index (χ2v) is 6.47. The number of aliphatic carboxylic acids is 1. The summed E-state index contributed by atoms with van der Waals surface area (Å²) in [7, 11) is 1.75. The standard InChI is InChI=1S/C18H21NO5S/c1-4-23-15-9-13(5-6-14(15)24-11-17(20)21)18(22)19(3)10-16-12(2)7-8-25-16/h5-9H,4,10-11H2,1-3H3,(H,20,21). The molecule has 0 aliphatic rings. The van der Waals surface area contributed by atoms with Crippen LogP contribution in [0.5, 0.6) is 11.5 Å². The van der Waals surface area contributed by atoms with Crippen LogP contribution in [0.3, 0.4) is 0 Å². The molecule has 0 aliphatic heterocycles. The van der Waals surface area contributed by atoms with E-state index in [1.165, 1.54) is 0 Å². The lowest BCUT2D eigenvalue weighted by Crippen LogP contribution is -2.26. The maximum Gasteiger partial charge on any atom is 0.341 e. The number of carbonyl (C=O) groups excluding carboxylic acids is 1. The molecule has 0 bridgehead atoms. The molecule has 1 aromatic heterocycles. The van der Waals surface area contributed by atoms with Crippen LogP contribution in [0.25, 0.3) is 0 Å². The van der Waals surface area contributed by atoms with Gasteiger partial charge in [-0.05, 0) is 49.1 Å². The van der Waals surface area contributed by atoms with Crippen LogP contribution >= 0.6 is 11.3 Å². The van der Waals surface area contributed by atoms with Gasteiger partial charge in [0, 0.05) is 17.5 Å². The Morgan fingerprint density at radius 2 is 1.96 bits per heavy atom. The fourth-order valence-electron chi connectivity index (χ4n) is 2.24. The van der Waals surface area contributed by atoms with Gasteiger partial charge in [0.15, 0.2) is 18.1 Å². The van der Waals surface area contributed by atoms with Gasteiger partial charge < -0.3 is 19.5 Å². The number of ether oxygens (including phenoxy) is 2. The highest BCUT2D eigenvalue weighted by Gasteiger charge is 2.17. The molecule has 2 rings (SSSR count). The van der Waals surface area contributed by atoms with Crippen LogP contribution in [0, 0.1) is 6.92 Å². The first-order chi connectivity index (χ1) is 11.9. The van der Waals surface area contributed by atoms with Gasteiger partial charge in [-0.3, -0.25) is 4.79 Å². The van der Waals surface area contributed by atoms with Crippen molar-refractivity contribution in [3.05, 3.63) is 45.6 Å². The van der Waals surface area contributed by atoms with E-state index < -0.39 is 12.6 Å². The van der Waals surface area contributed by atoms with E-state index in [0.29, 0.717) is 30.2 Å². The summed E-state index contributed by atoms with van der Waals surface area (Å²) in [5.74, 6) is -0.556. The molecule has 0 aliphatic carbocycles. The van der Waals surface area contributed by atoms with Crippen molar-refractivity contribution in [2.24, 2.45) is 0 Å². The van der Waals surface area contributed by atoms with Gasteiger partial charge in [-0.1, -0.05) is 0 Å². The number of carboxylic acids is 1. The fourth-order valence-corrected chi connectivity index (χ4v) is 3.20. The van der Waals surface area contributed by atoms with Crippen molar-refractivity contribution in [1.29, 1.82) is 0 Å². The third kappa shape index (κ3) is 4.96. The summed E-state index contributed by atoms with van der Waals surface area (Å²) in [6, 6.07) is 6.78. The van der Waals surface area contributed by atoms with Crippen molar-refractivity contribution < 1.29 is 24.2 Å². The van der Waals surface area contributed by atoms with E-state index in [1.54, 1.807) is 48.4 Å². The molecule has 1 aromatic carbocycles. The SMILES string of the molecule is CCOc1cc(C(=O)N(C)Cc2sccc2C)ccc1OCC(=O)O. The maximum absolute atomic E-state index is 12.7. The zero-order valence-electron chi connectivity index (χ0n) is 14.4. The topological polar surface area (TPSA) is 76.1 Å². The number of hydrogen-bond donors (Lipinski definition) is 1. The molecule has 0 atom stereocenters. The first-order valence-corrected chi connectivity index (χ1v) is 8.70. The van der Waals surface area contributed by atoms with Gasteiger partial charge >= 0.3 is 5.97 Å². The molecular weight excluding hydrogens is 342 g/mol. The third-order valence-corrected chi connectivity index (χ3v) is 4.55. The molecule has 0 saturated heterocycles. The summed E-state index contributed by atoms with van der Waals surface area (Å²) in [4.78, 5) is 26.1. The van der Waals surface area contributed by atoms with E-state index in [9.17, 15) is 9.59 Å². The highest BCUT2D eigenvalue weighted by molar-refractivity contribution is 7.10. The van der Waals surface area contributed by atoms with Crippen LogP contribution in [0.2, 0.25) is 0 Å². The van der Waals surface area contributed by atoms with Gasteiger partial charge in [0.2, 0.25) is 0 Å². The van der Waals surface area contributed by atoms with E-state index in [1.807, 2.05) is 18.4 Å². The summed E-state index contributed by atoms with van der Waals surface area (Å²) in [6.45, 7) is 4.27. The predicted molar refractivity (Wildman–Crippen MR) is 95.6 cm³/mol. The van der Waals surface area contributed by atoms with E-state index in [4.69, 9.17) is 14.6 Å². The van der Waals surface area contributed by atoms with Crippen LogP contribution < -0.4 is 9.47 Å². The van der Waals surface area contributed by atoms with Gasteiger partial charge in [0.1, 0.15) is 0 Å². The van der Waals surface area contributed by atoms with E-state index >= 15 is 0 Å². The molecule has 6 nitrogen and oxygen atoms in total. The summed E-state index contributed by atoms with van der Waals surface area (Å²) in [5, 5.41) is 10.7. The molecule has 0 spiro atoms. The largest absolute Gasteiger partial charge is 0.490 e. The maximum atomic E-state index is 12.7. The molecule has 2 aromatic rings. The van der Waals surface area contributed by atoms with E-state index in [-0.39, 0.29) is 5.91 Å². The summed E-state index contributed by atoms with van der Waals surface area (Å²) in [5.41, 5.74) is 1.62. The van der Waals surface area contributed by atoms with Crippen LogP contribution in [0.15, 0.2) is 29.6 Å². The second-order valence-electron chi connectivity index (χ2n) is 5.46. The molecule has 134 valence electrons. The normalized spacial score (nSPS) is 10.4. The molecule has 25 heavy (non-hydrogen) atoms. The average molecular weight is 363 g/mol. The number of carbonyl (C=O) groups is 2. The van der Waals surface area contributed by atoms with Crippen molar-refractivity contribution in [3.63, 3.8) is 0 Å². The molecule has 7 heteroatoms. The quantitative estimate of drug-likeness (QED) is 0.779. The minimum Gasteiger partial charge on any atom is -0.490 e. The van der Waals surface area contributed by atoms with Gasteiger partial charge in [0.25, 0.3) is 5.91 Å². The zero-order chi connectivity index (χ0) is 18.4. The van der Waals surface area contributed by atoms with Gasteiger partial charge in [-0.2, -0.15) is 0 Å². The Balaban J connectivity index is 2.16. The zero-order valence-corrected chi connectivity index (χ0v) is 15.3. The Labute approximate surface area is 150 Å². The van der Waals surface area contributed by atoms with Crippen molar-refractivity contribution in [2.45, 2.75) is 20.4 Å². The summed E-state index contributed by atoms with van der Waals surface area (Å²) < 4.78 is 10.7. The lowest BCUT2D eigenvalue weighted by molar-refractivity contribution is -0.139. The van der Waals surface area contributed by atoms with Crippen LogP contribution in [0.4, 0.5) is 0 Å². The van der Waals surface area contributed by atoms with Crippen LogP contribution in [-0.4, -0.2) is 42.1 Å².